The van der Waals surface area contributed by atoms with Gasteiger partial charge in [0, 0.05) is 35.7 Å². The number of ether oxygens (including phenoxy) is 1. The number of rotatable bonds is 4. The number of carboxylic acid groups (broad SMARTS) is 1. The van der Waals surface area contributed by atoms with Gasteiger partial charge in [0.2, 0.25) is 0 Å². The number of carboxylic acids is 1. The van der Waals surface area contributed by atoms with Gasteiger partial charge < -0.3 is 19.7 Å². The van der Waals surface area contributed by atoms with Gasteiger partial charge in [-0.2, -0.15) is 0 Å². The maximum Gasteiger partial charge on any atom is 0.323 e. The Balaban J connectivity index is 1.95. The number of halogens is 2. The summed E-state index contributed by atoms with van der Waals surface area (Å²) in [5, 5.41) is 14.1. The smallest absolute Gasteiger partial charge is 0.323 e. The molecule has 1 aliphatic heterocycles. The first kappa shape index (κ1) is 19.1. The maximum atomic E-state index is 13.0. The third kappa shape index (κ3) is 3.43. The predicted molar refractivity (Wildman–Crippen MR) is 111 cm³/mol. The first-order chi connectivity index (χ1) is 13.5. The van der Waals surface area contributed by atoms with Crippen LogP contribution in [0.3, 0.4) is 0 Å². The molecule has 0 radical (unpaired) electrons. The van der Waals surface area contributed by atoms with Crippen molar-refractivity contribution in [3.8, 4) is 0 Å². The van der Waals surface area contributed by atoms with E-state index in [4.69, 9.17) is 27.9 Å². The second-order valence-corrected chi connectivity index (χ2v) is 7.61. The van der Waals surface area contributed by atoms with Gasteiger partial charge >= 0.3 is 5.97 Å². The number of aromatic nitrogens is 1. The fourth-order valence-electron chi connectivity index (χ4n) is 3.67. The van der Waals surface area contributed by atoms with Crippen LogP contribution in [0.25, 0.3) is 21.8 Å². The van der Waals surface area contributed by atoms with Crippen LogP contribution in [0.15, 0.2) is 35.1 Å². The third-order valence-electron chi connectivity index (χ3n) is 5.00. The minimum Gasteiger partial charge on any atom is -0.480 e. The molecule has 2 aromatic carbocycles. The number of hydrogen-bond donors (Lipinski definition) is 2. The summed E-state index contributed by atoms with van der Waals surface area (Å²) in [6.07, 6.45) is 1.78. The Bertz CT molecular complexity index is 1140. The molecule has 0 unspecified atom stereocenters. The van der Waals surface area contributed by atoms with Crippen molar-refractivity contribution in [2.24, 2.45) is 0 Å². The van der Waals surface area contributed by atoms with Gasteiger partial charge in [-0.25, -0.2) is 0 Å². The lowest BCUT2D eigenvalue weighted by atomic mass is 10.1. The zero-order valence-corrected chi connectivity index (χ0v) is 16.4. The highest BCUT2D eigenvalue weighted by Crippen LogP contribution is 2.32. The molecule has 1 aliphatic rings. The standard InChI is InChI=1S/C20H18Cl2N2O4/c21-15-4-3-14-19(18(15)22)24(10-17(25)26)16-9-12(1-2-13(16)20(14)27)23-11-5-7-28-8-6-11/h1-4,9,11,23H,5-8,10H2,(H,25,26). The number of hydrogen-bond acceptors (Lipinski definition) is 4. The number of benzene rings is 2. The van der Waals surface area contributed by atoms with E-state index in [1.54, 1.807) is 24.3 Å². The van der Waals surface area contributed by atoms with E-state index in [9.17, 15) is 14.7 Å². The Morgan fingerprint density at radius 2 is 1.89 bits per heavy atom. The lowest BCUT2D eigenvalue weighted by molar-refractivity contribution is -0.137. The first-order valence-corrected chi connectivity index (χ1v) is 9.71. The number of fused-ring (bicyclic) bond motifs is 2. The molecule has 1 fully saturated rings. The molecule has 0 saturated carbocycles. The van der Waals surface area contributed by atoms with Crippen molar-refractivity contribution in [2.45, 2.75) is 25.4 Å². The molecule has 0 amide bonds. The zero-order chi connectivity index (χ0) is 19.8. The zero-order valence-electron chi connectivity index (χ0n) is 14.9. The van der Waals surface area contributed by atoms with E-state index in [2.05, 4.69) is 5.32 Å². The summed E-state index contributed by atoms with van der Waals surface area (Å²) < 4.78 is 6.92. The number of nitrogens with zero attached hydrogens (tertiary/aromatic N) is 1. The monoisotopic (exact) mass is 420 g/mol. The Labute approximate surface area is 170 Å². The largest absolute Gasteiger partial charge is 0.480 e. The lowest BCUT2D eigenvalue weighted by Gasteiger charge is -2.24. The van der Waals surface area contributed by atoms with Gasteiger partial charge in [-0.1, -0.05) is 23.2 Å². The van der Waals surface area contributed by atoms with Crippen LogP contribution in [0, 0.1) is 0 Å². The van der Waals surface area contributed by atoms with E-state index in [0.29, 0.717) is 35.0 Å². The second-order valence-electron chi connectivity index (χ2n) is 6.83. The van der Waals surface area contributed by atoms with Gasteiger partial charge in [-0.3, -0.25) is 9.59 Å². The van der Waals surface area contributed by atoms with Crippen LogP contribution < -0.4 is 10.7 Å². The topological polar surface area (TPSA) is 80.6 Å². The van der Waals surface area contributed by atoms with E-state index in [1.807, 2.05) is 6.07 Å². The average molecular weight is 421 g/mol. The molecule has 8 heteroatoms. The molecule has 0 bridgehead atoms. The molecule has 0 atom stereocenters. The summed E-state index contributed by atoms with van der Waals surface area (Å²) in [5.41, 5.74) is 1.44. The van der Waals surface area contributed by atoms with Crippen molar-refractivity contribution >= 4 is 56.7 Å². The van der Waals surface area contributed by atoms with Gasteiger partial charge in [0.05, 0.1) is 21.1 Å². The molecular formula is C20H18Cl2N2O4. The third-order valence-corrected chi connectivity index (χ3v) is 5.80. The molecule has 1 saturated heterocycles. The van der Waals surface area contributed by atoms with E-state index < -0.39 is 5.97 Å². The SMILES string of the molecule is O=C(O)Cn1c2cc(NC3CCOCC3)ccc2c(=O)c2ccc(Cl)c(Cl)c21. The fourth-order valence-corrected chi connectivity index (χ4v) is 4.09. The van der Waals surface area contributed by atoms with Crippen LogP contribution in [-0.2, 0) is 16.1 Å². The summed E-state index contributed by atoms with van der Waals surface area (Å²) in [6, 6.07) is 8.76. The number of nitrogens with one attached hydrogen (secondary N) is 1. The quantitative estimate of drug-likeness (QED) is 0.619. The van der Waals surface area contributed by atoms with E-state index in [0.717, 1.165) is 18.5 Å². The van der Waals surface area contributed by atoms with Crippen molar-refractivity contribution in [2.75, 3.05) is 18.5 Å². The number of aliphatic carboxylic acids is 1. The van der Waals surface area contributed by atoms with Gasteiger partial charge in [0.1, 0.15) is 6.54 Å². The van der Waals surface area contributed by atoms with E-state index in [1.165, 1.54) is 4.57 Å². The van der Waals surface area contributed by atoms with Crippen molar-refractivity contribution in [1.82, 2.24) is 4.57 Å². The van der Waals surface area contributed by atoms with Crippen LogP contribution in [0.4, 0.5) is 5.69 Å². The fraction of sp³-hybridized carbons (Fsp3) is 0.300. The summed E-state index contributed by atoms with van der Waals surface area (Å²) in [7, 11) is 0. The number of pyridine rings is 1. The van der Waals surface area contributed by atoms with E-state index in [-0.39, 0.29) is 28.1 Å². The minimum atomic E-state index is -1.04. The summed E-state index contributed by atoms with van der Waals surface area (Å²) in [6.45, 7) is 1.06. The second kappa shape index (κ2) is 7.62. The maximum absolute atomic E-state index is 13.0. The Morgan fingerprint density at radius 1 is 1.18 bits per heavy atom. The van der Waals surface area contributed by atoms with E-state index >= 15 is 0 Å². The molecule has 2 heterocycles. The van der Waals surface area contributed by atoms with Gasteiger partial charge in [0.25, 0.3) is 0 Å². The highest BCUT2D eigenvalue weighted by molar-refractivity contribution is 6.45. The molecule has 2 N–H and O–H groups in total. The Kier molecular flexibility index (Phi) is 5.19. The lowest BCUT2D eigenvalue weighted by Crippen LogP contribution is -2.27. The normalized spacial score (nSPS) is 15.2. The van der Waals surface area contributed by atoms with Crippen molar-refractivity contribution < 1.29 is 14.6 Å². The molecule has 3 aromatic rings. The summed E-state index contributed by atoms with van der Waals surface area (Å²) in [5.74, 6) is -1.04. The summed E-state index contributed by atoms with van der Waals surface area (Å²) in [4.78, 5) is 24.5. The Morgan fingerprint density at radius 3 is 2.61 bits per heavy atom. The highest BCUT2D eigenvalue weighted by Gasteiger charge is 2.18. The van der Waals surface area contributed by atoms with Crippen molar-refractivity contribution in [3.63, 3.8) is 0 Å². The van der Waals surface area contributed by atoms with Crippen LogP contribution in [0.1, 0.15) is 12.8 Å². The minimum absolute atomic E-state index is 0.169. The molecule has 4 rings (SSSR count). The van der Waals surface area contributed by atoms with Gasteiger partial charge in [-0.05, 0) is 43.2 Å². The number of carbonyl (C=O) groups is 1. The van der Waals surface area contributed by atoms with Crippen LogP contribution in [0.2, 0.25) is 10.0 Å². The number of anilines is 1. The van der Waals surface area contributed by atoms with Crippen LogP contribution in [-0.4, -0.2) is 34.9 Å². The van der Waals surface area contributed by atoms with Gasteiger partial charge in [-0.15, -0.1) is 0 Å². The molecule has 146 valence electrons. The van der Waals surface area contributed by atoms with Crippen molar-refractivity contribution in [1.29, 1.82) is 0 Å². The first-order valence-electron chi connectivity index (χ1n) is 8.96. The average Bonchev–Trinajstić information content (AvgIpc) is 2.68. The molecule has 1 aromatic heterocycles. The van der Waals surface area contributed by atoms with Crippen molar-refractivity contribution in [3.05, 3.63) is 50.6 Å². The molecule has 28 heavy (non-hydrogen) atoms. The van der Waals surface area contributed by atoms with Gasteiger partial charge in [0.15, 0.2) is 5.43 Å². The molecule has 0 aliphatic carbocycles. The Hall–Kier alpha value is -2.28. The van der Waals surface area contributed by atoms with Crippen LogP contribution in [0.5, 0.6) is 0 Å². The summed E-state index contributed by atoms with van der Waals surface area (Å²) >= 11 is 12.5. The molecule has 0 spiro atoms. The molecule has 6 nitrogen and oxygen atoms in total. The van der Waals surface area contributed by atoms with Crippen LogP contribution >= 0.6 is 23.2 Å². The molecular weight excluding hydrogens is 403 g/mol. The highest BCUT2D eigenvalue weighted by atomic mass is 35.5. The predicted octanol–water partition coefficient (Wildman–Crippen LogP) is 4.14.